The zero-order chi connectivity index (χ0) is 24.2. The van der Waals surface area contributed by atoms with Crippen molar-refractivity contribution in [2.45, 2.75) is 6.92 Å². The Balaban J connectivity index is 1.34. The topological polar surface area (TPSA) is 142 Å². The summed E-state index contributed by atoms with van der Waals surface area (Å²) in [5.41, 5.74) is 15.8. The molecule has 0 atom stereocenters. The van der Waals surface area contributed by atoms with Gasteiger partial charge in [0.15, 0.2) is 11.9 Å². The van der Waals surface area contributed by atoms with Gasteiger partial charge < -0.3 is 36.4 Å². The van der Waals surface area contributed by atoms with E-state index in [1.807, 2.05) is 59.2 Å². The summed E-state index contributed by atoms with van der Waals surface area (Å²) in [6, 6.07) is 13.6. The van der Waals surface area contributed by atoms with Crippen molar-refractivity contribution in [1.82, 2.24) is 9.80 Å². The molecule has 2 fully saturated rings. The fourth-order valence-corrected chi connectivity index (χ4v) is 4.50. The Kier molecular flexibility index (Phi) is 6.76. The van der Waals surface area contributed by atoms with E-state index in [2.05, 4.69) is 15.1 Å². The zero-order valence-corrected chi connectivity index (χ0v) is 19.6. The van der Waals surface area contributed by atoms with Crippen molar-refractivity contribution in [2.24, 2.45) is 11.5 Å². The molecule has 2 aromatic rings. The van der Waals surface area contributed by atoms with Crippen LogP contribution in [0, 0.1) is 17.7 Å². The Morgan fingerprint density at radius 2 is 1.32 bits per heavy atom. The minimum absolute atomic E-state index is 0.118. The highest BCUT2D eigenvalue weighted by Gasteiger charge is 2.20. The van der Waals surface area contributed by atoms with Gasteiger partial charge >= 0.3 is 0 Å². The quantitative estimate of drug-likeness (QED) is 0.340. The average molecular weight is 464 g/mol. The number of hydrogen-bond acceptors (Lipinski definition) is 5. The first-order valence-corrected chi connectivity index (χ1v) is 11.5. The van der Waals surface area contributed by atoms with E-state index in [4.69, 9.17) is 22.3 Å². The third-order valence-electron chi connectivity index (χ3n) is 6.53. The summed E-state index contributed by atoms with van der Waals surface area (Å²) in [6.45, 7) is 8.12. The number of carbonyl (C=O) groups is 1. The van der Waals surface area contributed by atoms with Gasteiger partial charge in [0.1, 0.15) is 0 Å². The number of piperazine rings is 2. The number of guanidine groups is 2. The molecule has 34 heavy (non-hydrogen) atoms. The number of aryl methyl sites for hydroxylation is 1. The highest BCUT2D eigenvalue weighted by atomic mass is 16.1. The van der Waals surface area contributed by atoms with Crippen LogP contribution in [0.2, 0.25) is 0 Å². The summed E-state index contributed by atoms with van der Waals surface area (Å²) >= 11 is 0. The number of benzene rings is 2. The van der Waals surface area contributed by atoms with E-state index in [1.165, 1.54) is 0 Å². The van der Waals surface area contributed by atoms with E-state index < -0.39 is 0 Å². The van der Waals surface area contributed by atoms with Gasteiger partial charge in [-0.3, -0.25) is 15.6 Å². The smallest absolute Gasteiger partial charge is 0.255 e. The molecule has 1 amide bonds. The lowest BCUT2D eigenvalue weighted by Crippen LogP contribution is -2.51. The van der Waals surface area contributed by atoms with Crippen LogP contribution in [0.15, 0.2) is 42.5 Å². The molecular formula is C24H33N9O. The van der Waals surface area contributed by atoms with Crippen LogP contribution in [-0.4, -0.2) is 80.0 Å². The molecule has 2 aromatic carbocycles. The molecule has 10 nitrogen and oxygen atoms in total. The lowest BCUT2D eigenvalue weighted by Gasteiger charge is -2.37. The summed E-state index contributed by atoms with van der Waals surface area (Å²) in [4.78, 5) is 21.1. The Labute approximate surface area is 200 Å². The second-order valence-electron chi connectivity index (χ2n) is 8.72. The first-order valence-electron chi connectivity index (χ1n) is 11.5. The highest BCUT2D eigenvalue weighted by Crippen LogP contribution is 2.24. The van der Waals surface area contributed by atoms with Gasteiger partial charge in [-0.2, -0.15) is 0 Å². The zero-order valence-electron chi connectivity index (χ0n) is 19.6. The van der Waals surface area contributed by atoms with Crippen molar-refractivity contribution in [3.63, 3.8) is 0 Å². The van der Waals surface area contributed by atoms with Crippen molar-refractivity contribution < 1.29 is 4.79 Å². The molecule has 0 unspecified atom stereocenters. The van der Waals surface area contributed by atoms with Crippen LogP contribution in [0.3, 0.4) is 0 Å². The number of nitrogens with zero attached hydrogens (tertiary/aromatic N) is 4. The summed E-state index contributed by atoms with van der Waals surface area (Å²) in [6.07, 6.45) is 0. The summed E-state index contributed by atoms with van der Waals surface area (Å²) in [5, 5.41) is 18.1. The molecular weight excluding hydrogens is 430 g/mol. The lowest BCUT2D eigenvalue weighted by molar-refractivity contribution is 0.102. The van der Waals surface area contributed by atoms with E-state index in [-0.39, 0.29) is 17.8 Å². The van der Waals surface area contributed by atoms with Crippen LogP contribution in [-0.2, 0) is 0 Å². The highest BCUT2D eigenvalue weighted by molar-refractivity contribution is 6.04. The molecule has 0 aromatic heterocycles. The van der Waals surface area contributed by atoms with E-state index >= 15 is 0 Å². The molecule has 4 rings (SSSR count). The average Bonchev–Trinajstić information content (AvgIpc) is 2.84. The van der Waals surface area contributed by atoms with Crippen LogP contribution in [0.4, 0.5) is 17.1 Å². The summed E-state index contributed by atoms with van der Waals surface area (Å²) in [7, 11) is 0. The van der Waals surface area contributed by atoms with E-state index in [1.54, 1.807) is 0 Å². The van der Waals surface area contributed by atoms with Gasteiger partial charge in [-0.05, 0) is 55.0 Å². The fourth-order valence-electron chi connectivity index (χ4n) is 4.50. The number of amides is 1. The molecule has 10 heteroatoms. The van der Waals surface area contributed by atoms with Gasteiger partial charge in [0.05, 0.1) is 0 Å². The lowest BCUT2D eigenvalue weighted by atomic mass is 10.1. The van der Waals surface area contributed by atoms with Crippen molar-refractivity contribution >= 4 is 34.9 Å². The van der Waals surface area contributed by atoms with Crippen molar-refractivity contribution in [3.8, 4) is 0 Å². The number of nitrogens with two attached hydrogens (primary N) is 2. The number of rotatable bonds is 4. The van der Waals surface area contributed by atoms with Crippen molar-refractivity contribution in [1.29, 1.82) is 10.8 Å². The number of hydrogen-bond donors (Lipinski definition) is 5. The molecule has 7 N–H and O–H groups in total. The van der Waals surface area contributed by atoms with Gasteiger partial charge in [0.2, 0.25) is 0 Å². The predicted molar refractivity (Wildman–Crippen MR) is 137 cm³/mol. The Morgan fingerprint density at radius 3 is 1.82 bits per heavy atom. The molecule has 2 aliphatic rings. The maximum Gasteiger partial charge on any atom is 0.255 e. The number of anilines is 3. The first-order chi connectivity index (χ1) is 16.3. The minimum atomic E-state index is -0.140. The van der Waals surface area contributed by atoms with Crippen molar-refractivity contribution in [3.05, 3.63) is 53.6 Å². The molecule has 0 spiro atoms. The predicted octanol–water partition coefficient (Wildman–Crippen LogP) is 1.28. The monoisotopic (exact) mass is 463 g/mol. The largest absolute Gasteiger partial charge is 0.370 e. The Morgan fingerprint density at radius 1 is 0.794 bits per heavy atom. The molecule has 0 saturated carbocycles. The molecule has 2 saturated heterocycles. The van der Waals surface area contributed by atoms with E-state index in [9.17, 15) is 4.79 Å². The van der Waals surface area contributed by atoms with Gasteiger partial charge in [0.25, 0.3) is 5.91 Å². The second kappa shape index (κ2) is 9.90. The summed E-state index contributed by atoms with van der Waals surface area (Å²) in [5.74, 6) is 0.0994. The van der Waals surface area contributed by atoms with Crippen LogP contribution < -0.4 is 26.6 Å². The van der Waals surface area contributed by atoms with Gasteiger partial charge in [0, 0.05) is 75.0 Å². The standard InChI is InChI=1S/C24H33N9O/c1-17-16-18(2-7-21(17)31-10-14-33(15-11-31)24(27)28)22(34)29-19-3-5-20(6-4-19)30-8-12-32(13-9-30)23(25)26/h2-7,16H,8-15H2,1H3,(H3,25,26)(H3,27,28)(H,29,34). The summed E-state index contributed by atoms with van der Waals surface area (Å²) < 4.78 is 0. The normalized spacial score (nSPS) is 16.4. The van der Waals surface area contributed by atoms with E-state index in [0.717, 1.165) is 75.0 Å². The van der Waals surface area contributed by atoms with Crippen LogP contribution in [0.25, 0.3) is 0 Å². The van der Waals surface area contributed by atoms with Gasteiger partial charge in [-0.1, -0.05) is 0 Å². The third kappa shape index (κ3) is 5.16. The maximum atomic E-state index is 12.8. The Bertz CT molecular complexity index is 1050. The number of carbonyl (C=O) groups excluding carboxylic acids is 1. The molecule has 180 valence electrons. The molecule has 0 aliphatic carbocycles. The first kappa shape index (κ1) is 23.2. The third-order valence-corrected chi connectivity index (χ3v) is 6.53. The van der Waals surface area contributed by atoms with Crippen LogP contribution in [0.5, 0.6) is 0 Å². The minimum Gasteiger partial charge on any atom is -0.370 e. The Hall–Kier alpha value is -3.95. The second-order valence-corrected chi connectivity index (χ2v) is 8.72. The molecule has 0 bridgehead atoms. The van der Waals surface area contributed by atoms with Crippen LogP contribution in [0.1, 0.15) is 15.9 Å². The fraction of sp³-hybridized carbons (Fsp3) is 0.375. The SMILES string of the molecule is Cc1cc(C(=O)Nc2ccc(N3CCN(C(=N)N)CC3)cc2)ccc1N1CCN(C(=N)N)CC1. The molecule has 0 radical (unpaired) electrons. The van der Waals surface area contributed by atoms with Crippen molar-refractivity contribution in [2.75, 3.05) is 67.5 Å². The van der Waals surface area contributed by atoms with E-state index in [0.29, 0.717) is 5.56 Å². The van der Waals surface area contributed by atoms with Crippen LogP contribution >= 0.6 is 0 Å². The molecule has 2 heterocycles. The van der Waals surface area contributed by atoms with Gasteiger partial charge in [-0.15, -0.1) is 0 Å². The molecule has 2 aliphatic heterocycles. The maximum absolute atomic E-state index is 12.8. The number of nitrogens with one attached hydrogen (secondary N) is 3. The van der Waals surface area contributed by atoms with Gasteiger partial charge in [-0.25, -0.2) is 0 Å².